The van der Waals surface area contributed by atoms with Crippen LogP contribution in [0, 0.1) is 0 Å². The van der Waals surface area contributed by atoms with E-state index < -0.39 is 11.5 Å². The number of amides is 1. The summed E-state index contributed by atoms with van der Waals surface area (Å²) in [7, 11) is 0. The molecule has 0 aliphatic carbocycles. The van der Waals surface area contributed by atoms with Gasteiger partial charge in [-0.05, 0) is 24.6 Å². The number of hydrogen-bond donors (Lipinski definition) is 3. The molecule has 5 nitrogen and oxygen atoms in total. The molecule has 0 radical (unpaired) electrons. The Morgan fingerprint density at radius 1 is 1.17 bits per heavy atom. The molecule has 0 fully saturated rings. The third-order valence-electron chi connectivity index (χ3n) is 3.96. The first kappa shape index (κ1) is 15.3. The van der Waals surface area contributed by atoms with Crippen LogP contribution in [-0.2, 0) is 16.9 Å². The van der Waals surface area contributed by atoms with E-state index in [-0.39, 0.29) is 0 Å². The number of nitrogens with one attached hydrogen (secondary N) is 1. The number of aliphatic hydroxyl groups is 1. The monoisotopic (exact) mass is 310 g/mol. The highest BCUT2D eigenvalue weighted by molar-refractivity contribution is 6.08. The standard InChI is InChI=1S/C18H18N2O3/c1-13(19-23)11-18(22)15-9-5-6-10-16(15)20(17(18)21)12-14-7-3-2-4-8-14/h2-11,19,22-23H,12H2,1H3/t18-/m1/s1. The molecule has 0 saturated heterocycles. The van der Waals surface area contributed by atoms with Crippen molar-refractivity contribution in [3.05, 3.63) is 77.5 Å². The third kappa shape index (κ3) is 2.60. The first-order valence-electron chi connectivity index (χ1n) is 7.33. The normalized spacial score (nSPS) is 20.6. The fourth-order valence-electron chi connectivity index (χ4n) is 2.87. The first-order chi connectivity index (χ1) is 11.1. The maximum Gasteiger partial charge on any atom is 0.268 e. The molecule has 0 bridgehead atoms. The van der Waals surface area contributed by atoms with Crippen LogP contribution in [0.15, 0.2) is 66.4 Å². The average molecular weight is 310 g/mol. The van der Waals surface area contributed by atoms with Gasteiger partial charge in [0.1, 0.15) is 0 Å². The van der Waals surface area contributed by atoms with Crippen molar-refractivity contribution in [1.82, 2.24) is 5.48 Å². The number of hydrogen-bond acceptors (Lipinski definition) is 4. The lowest BCUT2D eigenvalue weighted by molar-refractivity contribution is -0.131. The lowest BCUT2D eigenvalue weighted by atomic mass is 9.94. The van der Waals surface area contributed by atoms with Crippen LogP contribution >= 0.6 is 0 Å². The second kappa shape index (κ2) is 5.87. The molecule has 1 heterocycles. The zero-order valence-corrected chi connectivity index (χ0v) is 12.7. The lowest BCUT2D eigenvalue weighted by Crippen LogP contribution is -2.39. The molecule has 2 aromatic rings. The number of carbonyl (C=O) groups is 1. The first-order valence-corrected chi connectivity index (χ1v) is 7.33. The predicted molar refractivity (Wildman–Crippen MR) is 86.7 cm³/mol. The van der Waals surface area contributed by atoms with Crippen LogP contribution in [0.2, 0.25) is 0 Å². The van der Waals surface area contributed by atoms with E-state index in [2.05, 4.69) is 0 Å². The third-order valence-corrected chi connectivity index (χ3v) is 3.96. The summed E-state index contributed by atoms with van der Waals surface area (Å²) >= 11 is 0. The zero-order valence-electron chi connectivity index (χ0n) is 12.7. The van der Waals surface area contributed by atoms with Gasteiger partial charge in [-0.15, -0.1) is 0 Å². The summed E-state index contributed by atoms with van der Waals surface area (Å²) in [5, 5.41) is 19.9. The molecule has 0 aromatic heterocycles. The number of fused-ring (bicyclic) bond motifs is 1. The summed E-state index contributed by atoms with van der Waals surface area (Å²) in [4.78, 5) is 14.4. The van der Waals surface area contributed by atoms with Crippen molar-refractivity contribution < 1.29 is 15.1 Å². The van der Waals surface area contributed by atoms with E-state index in [0.29, 0.717) is 23.5 Å². The molecule has 0 saturated carbocycles. The molecule has 1 amide bonds. The molecule has 23 heavy (non-hydrogen) atoms. The minimum atomic E-state index is -1.79. The van der Waals surface area contributed by atoms with Crippen molar-refractivity contribution in [3.63, 3.8) is 0 Å². The SMILES string of the molecule is CC(=C[C@]1(O)C(=O)N(Cc2ccccc2)c2ccccc21)NO. The van der Waals surface area contributed by atoms with Crippen LogP contribution in [0.25, 0.3) is 0 Å². The fourth-order valence-corrected chi connectivity index (χ4v) is 2.87. The molecule has 1 aliphatic heterocycles. The van der Waals surface area contributed by atoms with Gasteiger partial charge in [0.2, 0.25) is 0 Å². The number of carbonyl (C=O) groups excluding carboxylic acids is 1. The molecule has 3 N–H and O–H groups in total. The van der Waals surface area contributed by atoms with E-state index in [1.54, 1.807) is 24.0 Å². The molecule has 2 aromatic carbocycles. The number of para-hydroxylation sites is 1. The highest BCUT2D eigenvalue weighted by Crippen LogP contribution is 2.42. The van der Waals surface area contributed by atoms with Crippen molar-refractivity contribution in [3.8, 4) is 0 Å². The van der Waals surface area contributed by atoms with Gasteiger partial charge in [0.15, 0.2) is 5.60 Å². The molecule has 118 valence electrons. The van der Waals surface area contributed by atoms with E-state index in [9.17, 15) is 9.90 Å². The van der Waals surface area contributed by atoms with Crippen molar-refractivity contribution in [2.75, 3.05) is 4.90 Å². The molecule has 1 aliphatic rings. The van der Waals surface area contributed by atoms with Gasteiger partial charge in [0.25, 0.3) is 5.91 Å². The Kier molecular flexibility index (Phi) is 3.90. The van der Waals surface area contributed by atoms with E-state index in [4.69, 9.17) is 5.21 Å². The minimum Gasteiger partial charge on any atom is -0.372 e. The highest BCUT2D eigenvalue weighted by atomic mass is 16.5. The maximum atomic E-state index is 12.9. The molecule has 0 unspecified atom stereocenters. The number of benzene rings is 2. The molecule has 0 spiro atoms. The van der Waals surface area contributed by atoms with Crippen molar-refractivity contribution >= 4 is 11.6 Å². The van der Waals surface area contributed by atoms with E-state index in [1.165, 1.54) is 6.08 Å². The molecular formula is C18H18N2O3. The largest absolute Gasteiger partial charge is 0.372 e. The molecule has 1 atom stereocenters. The highest BCUT2D eigenvalue weighted by Gasteiger charge is 2.48. The maximum absolute atomic E-state index is 12.9. The Hall–Kier alpha value is -2.63. The van der Waals surface area contributed by atoms with E-state index >= 15 is 0 Å². The lowest BCUT2D eigenvalue weighted by Gasteiger charge is -2.21. The topological polar surface area (TPSA) is 72.8 Å². The summed E-state index contributed by atoms with van der Waals surface area (Å²) < 4.78 is 0. The molecule has 3 rings (SSSR count). The van der Waals surface area contributed by atoms with Crippen LogP contribution in [0.5, 0.6) is 0 Å². The van der Waals surface area contributed by atoms with Gasteiger partial charge >= 0.3 is 0 Å². The van der Waals surface area contributed by atoms with Gasteiger partial charge < -0.3 is 10.0 Å². The smallest absolute Gasteiger partial charge is 0.268 e. The Labute approximate surface area is 134 Å². The Balaban J connectivity index is 2.05. The Morgan fingerprint density at radius 3 is 2.52 bits per heavy atom. The van der Waals surface area contributed by atoms with Gasteiger partial charge in [-0.25, -0.2) is 0 Å². The number of hydroxylamine groups is 1. The average Bonchev–Trinajstić information content (AvgIpc) is 2.78. The van der Waals surface area contributed by atoms with Crippen LogP contribution in [-0.4, -0.2) is 16.2 Å². The zero-order chi connectivity index (χ0) is 16.4. The summed E-state index contributed by atoms with van der Waals surface area (Å²) in [6.07, 6.45) is 1.33. The van der Waals surface area contributed by atoms with Crippen molar-refractivity contribution in [1.29, 1.82) is 0 Å². The summed E-state index contributed by atoms with van der Waals surface area (Å²) in [6.45, 7) is 1.95. The Morgan fingerprint density at radius 2 is 1.83 bits per heavy atom. The number of allylic oxidation sites excluding steroid dienone is 1. The van der Waals surface area contributed by atoms with Crippen LogP contribution in [0.1, 0.15) is 18.1 Å². The molecular weight excluding hydrogens is 292 g/mol. The number of rotatable bonds is 4. The number of anilines is 1. The predicted octanol–water partition coefficient (Wildman–Crippen LogP) is 2.30. The van der Waals surface area contributed by atoms with E-state index in [0.717, 1.165) is 5.56 Å². The summed E-state index contributed by atoms with van der Waals surface area (Å²) in [5.74, 6) is -0.433. The van der Waals surface area contributed by atoms with Crippen molar-refractivity contribution in [2.24, 2.45) is 0 Å². The van der Waals surface area contributed by atoms with Crippen LogP contribution in [0.4, 0.5) is 5.69 Å². The van der Waals surface area contributed by atoms with Gasteiger partial charge in [-0.3, -0.25) is 15.5 Å². The Bertz CT molecular complexity index is 758. The summed E-state index contributed by atoms with van der Waals surface area (Å²) in [6, 6.07) is 16.7. The molecule has 5 heteroatoms. The van der Waals surface area contributed by atoms with Crippen LogP contribution < -0.4 is 10.4 Å². The van der Waals surface area contributed by atoms with Crippen molar-refractivity contribution in [2.45, 2.75) is 19.1 Å². The van der Waals surface area contributed by atoms with Gasteiger partial charge in [0, 0.05) is 11.3 Å². The van der Waals surface area contributed by atoms with Gasteiger partial charge in [-0.1, -0.05) is 48.5 Å². The fraction of sp³-hybridized carbons (Fsp3) is 0.167. The second-order valence-electron chi connectivity index (χ2n) is 5.60. The van der Waals surface area contributed by atoms with E-state index in [1.807, 2.05) is 47.9 Å². The quantitative estimate of drug-likeness (QED) is 0.758. The van der Waals surface area contributed by atoms with Gasteiger partial charge in [-0.2, -0.15) is 0 Å². The van der Waals surface area contributed by atoms with Gasteiger partial charge in [0.05, 0.1) is 12.2 Å². The second-order valence-corrected chi connectivity index (χ2v) is 5.60. The number of nitrogens with zero attached hydrogens (tertiary/aromatic N) is 1. The summed E-state index contributed by atoms with van der Waals surface area (Å²) in [5.41, 5.74) is 2.63. The van der Waals surface area contributed by atoms with Crippen LogP contribution in [0.3, 0.4) is 0 Å². The minimum absolute atomic E-state index is 0.303.